The van der Waals surface area contributed by atoms with Crippen LogP contribution < -0.4 is 11.1 Å². The summed E-state index contributed by atoms with van der Waals surface area (Å²) in [6, 6.07) is 7.36. The average molecular weight is 437 g/mol. The maximum atomic E-state index is 12.8. The summed E-state index contributed by atoms with van der Waals surface area (Å²) in [5.74, 6) is -0.770. The summed E-state index contributed by atoms with van der Waals surface area (Å²) in [5.41, 5.74) is 9.37. The van der Waals surface area contributed by atoms with Gasteiger partial charge in [0.25, 0.3) is 5.91 Å². The third kappa shape index (κ3) is 4.18. The number of fused-ring (bicyclic) bond motifs is 1. The third-order valence-corrected chi connectivity index (χ3v) is 5.56. The van der Waals surface area contributed by atoms with Gasteiger partial charge in [-0.05, 0) is 43.2 Å². The number of nitrogens with two attached hydrogens (primary N) is 1. The number of primary amides is 1. The summed E-state index contributed by atoms with van der Waals surface area (Å²) in [7, 11) is 0. The van der Waals surface area contributed by atoms with E-state index in [0.29, 0.717) is 52.7 Å². The van der Waals surface area contributed by atoms with Crippen molar-refractivity contribution in [1.82, 2.24) is 20.0 Å². The first-order chi connectivity index (χ1) is 14.9. The summed E-state index contributed by atoms with van der Waals surface area (Å²) in [6.07, 6.45) is 5.89. The van der Waals surface area contributed by atoms with E-state index in [-0.39, 0.29) is 18.5 Å². The van der Waals surface area contributed by atoms with Crippen LogP contribution in [0.15, 0.2) is 42.1 Å². The highest BCUT2D eigenvalue weighted by Crippen LogP contribution is 2.30. The number of nitriles is 1. The van der Waals surface area contributed by atoms with E-state index in [4.69, 9.17) is 22.6 Å². The summed E-state index contributed by atoms with van der Waals surface area (Å²) < 4.78 is 1.73. The van der Waals surface area contributed by atoms with E-state index in [9.17, 15) is 9.59 Å². The Kier molecular flexibility index (Phi) is 5.53. The first-order valence-corrected chi connectivity index (χ1v) is 10.2. The van der Waals surface area contributed by atoms with E-state index in [0.717, 1.165) is 5.56 Å². The van der Waals surface area contributed by atoms with Gasteiger partial charge in [0.05, 0.1) is 36.3 Å². The van der Waals surface area contributed by atoms with Gasteiger partial charge in [0, 0.05) is 22.8 Å². The molecule has 3 amide bonds. The number of amides is 3. The molecule has 0 spiro atoms. The van der Waals surface area contributed by atoms with Gasteiger partial charge >= 0.3 is 6.03 Å². The number of nitrogens with zero attached hydrogens (tertiary/aromatic N) is 4. The lowest BCUT2D eigenvalue weighted by molar-refractivity contribution is 0.0997. The molecule has 1 aromatic heterocycles. The van der Waals surface area contributed by atoms with Crippen LogP contribution in [0.5, 0.6) is 0 Å². The molecule has 0 saturated heterocycles. The molecule has 31 heavy (non-hydrogen) atoms. The SMILES string of the molecule is Cc1cc(Cl)cc(-c2nn3c(c2C(N)=O)CN(C(=O)NC2=CCC(C#N)C=C2)CC3)c1. The molecule has 0 radical (unpaired) electrons. The molecule has 1 aromatic carbocycles. The highest BCUT2D eigenvalue weighted by Gasteiger charge is 2.30. The predicted molar refractivity (Wildman–Crippen MR) is 116 cm³/mol. The van der Waals surface area contributed by atoms with Crippen molar-refractivity contribution in [3.8, 4) is 17.3 Å². The Morgan fingerprint density at radius 2 is 2.13 bits per heavy atom. The Morgan fingerprint density at radius 3 is 2.77 bits per heavy atom. The lowest BCUT2D eigenvalue weighted by Gasteiger charge is -2.28. The minimum absolute atomic E-state index is 0.170. The van der Waals surface area contributed by atoms with Crippen molar-refractivity contribution in [3.05, 3.63) is 64.0 Å². The van der Waals surface area contributed by atoms with Gasteiger partial charge in [0.1, 0.15) is 5.69 Å². The smallest absolute Gasteiger partial charge is 0.322 e. The highest BCUT2D eigenvalue weighted by atomic mass is 35.5. The molecule has 2 aliphatic rings. The molecule has 158 valence electrons. The Hall–Kier alpha value is -3.57. The molecule has 2 heterocycles. The lowest BCUT2D eigenvalue weighted by atomic mass is 10.0. The first kappa shape index (κ1) is 20.7. The first-order valence-electron chi connectivity index (χ1n) is 9.86. The van der Waals surface area contributed by atoms with Crippen LogP contribution in [0.1, 0.15) is 28.0 Å². The lowest BCUT2D eigenvalue weighted by Crippen LogP contribution is -2.44. The van der Waals surface area contributed by atoms with Crippen LogP contribution in [0.3, 0.4) is 0 Å². The molecule has 1 aliphatic carbocycles. The van der Waals surface area contributed by atoms with Crippen LogP contribution in [-0.2, 0) is 13.1 Å². The van der Waals surface area contributed by atoms with E-state index in [1.54, 1.807) is 27.8 Å². The van der Waals surface area contributed by atoms with E-state index in [1.807, 2.05) is 25.1 Å². The fraction of sp³-hybridized carbons (Fsp3) is 0.273. The van der Waals surface area contributed by atoms with Crippen molar-refractivity contribution in [2.24, 2.45) is 11.7 Å². The van der Waals surface area contributed by atoms with Gasteiger partial charge in [-0.1, -0.05) is 23.8 Å². The zero-order valence-corrected chi connectivity index (χ0v) is 17.7. The topological polar surface area (TPSA) is 117 Å². The van der Waals surface area contributed by atoms with Gasteiger partial charge in [-0.2, -0.15) is 10.4 Å². The Labute approximate surface area is 184 Å². The van der Waals surface area contributed by atoms with Gasteiger partial charge in [-0.3, -0.25) is 9.48 Å². The fourth-order valence-corrected chi connectivity index (χ4v) is 4.13. The van der Waals surface area contributed by atoms with Crippen LogP contribution in [-0.4, -0.2) is 33.2 Å². The number of hydrogen-bond acceptors (Lipinski definition) is 4. The zero-order valence-electron chi connectivity index (χ0n) is 16.9. The van der Waals surface area contributed by atoms with Gasteiger partial charge in [0.15, 0.2) is 0 Å². The minimum Gasteiger partial charge on any atom is -0.365 e. The van der Waals surface area contributed by atoms with Crippen molar-refractivity contribution in [2.45, 2.75) is 26.4 Å². The largest absolute Gasteiger partial charge is 0.365 e. The summed E-state index contributed by atoms with van der Waals surface area (Å²) in [5, 5.41) is 17.0. The molecular weight excluding hydrogens is 416 g/mol. The maximum Gasteiger partial charge on any atom is 0.322 e. The molecule has 0 fully saturated rings. The van der Waals surface area contributed by atoms with Gasteiger partial charge in [0.2, 0.25) is 0 Å². The molecule has 2 aromatic rings. The summed E-state index contributed by atoms with van der Waals surface area (Å²) >= 11 is 6.19. The highest BCUT2D eigenvalue weighted by molar-refractivity contribution is 6.31. The molecule has 1 aliphatic heterocycles. The predicted octanol–water partition coefficient (Wildman–Crippen LogP) is 3.12. The molecule has 9 heteroatoms. The maximum absolute atomic E-state index is 12.8. The van der Waals surface area contributed by atoms with Crippen molar-refractivity contribution in [3.63, 3.8) is 0 Å². The number of aryl methyl sites for hydroxylation is 1. The molecule has 4 rings (SSSR count). The number of nitrogens with one attached hydrogen (secondary N) is 1. The number of rotatable bonds is 3. The van der Waals surface area contributed by atoms with Crippen molar-refractivity contribution >= 4 is 23.5 Å². The zero-order chi connectivity index (χ0) is 22.1. The van der Waals surface area contributed by atoms with Gasteiger partial charge < -0.3 is 16.0 Å². The number of carbonyl (C=O) groups is 2. The second-order valence-electron chi connectivity index (χ2n) is 7.62. The Morgan fingerprint density at radius 1 is 1.32 bits per heavy atom. The second kappa shape index (κ2) is 8.28. The average Bonchev–Trinajstić information content (AvgIpc) is 3.12. The number of halogens is 1. The molecule has 8 nitrogen and oxygen atoms in total. The van der Waals surface area contributed by atoms with Crippen LogP contribution in [0.4, 0.5) is 4.79 Å². The van der Waals surface area contributed by atoms with Crippen molar-refractivity contribution < 1.29 is 9.59 Å². The summed E-state index contributed by atoms with van der Waals surface area (Å²) in [4.78, 5) is 26.7. The van der Waals surface area contributed by atoms with Crippen LogP contribution in [0, 0.1) is 24.2 Å². The normalized spacial score (nSPS) is 17.5. The van der Waals surface area contributed by atoms with Gasteiger partial charge in [-0.25, -0.2) is 4.79 Å². The van der Waals surface area contributed by atoms with Crippen LogP contribution in [0.25, 0.3) is 11.3 Å². The molecular formula is C22H21ClN6O2. The minimum atomic E-state index is -0.600. The number of urea groups is 1. The molecule has 1 atom stereocenters. The van der Waals surface area contributed by atoms with Gasteiger partial charge in [-0.15, -0.1) is 0 Å². The van der Waals surface area contributed by atoms with Crippen molar-refractivity contribution in [2.75, 3.05) is 6.54 Å². The number of hydrogen-bond donors (Lipinski definition) is 2. The van der Waals surface area contributed by atoms with Crippen LogP contribution >= 0.6 is 11.6 Å². The van der Waals surface area contributed by atoms with Crippen LogP contribution in [0.2, 0.25) is 5.02 Å². The number of benzene rings is 1. The molecule has 1 unspecified atom stereocenters. The monoisotopic (exact) mass is 436 g/mol. The third-order valence-electron chi connectivity index (χ3n) is 5.35. The van der Waals surface area contributed by atoms with Crippen molar-refractivity contribution in [1.29, 1.82) is 5.26 Å². The Bertz CT molecular complexity index is 1150. The van der Waals surface area contributed by atoms with E-state index < -0.39 is 5.91 Å². The summed E-state index contributed by atoms with van der Waals surface area (Å²) in [6.45, 7) is 2.99. The standard InChI is InChI=1S/C22H21ClN6O2/c1-13-8-15(10-16(23)9-13)20-19(21(25)30)18-12-28(6-7-29(18)27-20)22(31)26-17-4-2-14(11-24)3-5-17/h2,4-5,8-10,14H,3,6-7,12H2,1H3,(H2,25,30)(H,26,31). The van der Waals surface area contributed by atoms with E-state index in [1.165, 1.54) is 0 Å². The fourth-order valence-electron chi connectivity index (χ4n) is 3.84. The Balaban J connectivity index is 1.59. The number of aromatic nitrogens is 2. The molecule has 3 N–H and O–H groups in total. The molecule has 0 bridgehead atoms. The van der Waals surface area contributed by atoms with E-state index in [2.05, 4.69) is 16.5 Å². The second-order valence-corrected chi connectivity index (χ2v) is 8.05. The molecule has 0 saturated carbocycles. The van der Waals surface area contributed by atoms with E-state index >= 15 is 0 Å². The number of allylic oxidation sites excluding steroid dienone is 3. The number of carbonyl (C=O) groups excluding carboxylic acids is 2. The quantitative estimate of drug-likeness (QED) is 0.768.